The van der Waals surface area contributed by atoms with Crippen molar-refractivity contribution in [1.29, 1.82) is 0 Å². The van der Waals surface area contributed by atoms with E-state index >= 15 is 0 Å². The number of benzene rings is 2. The molecule has 0 radical (unpaired) electrons. The van der Waals surface area contributed by atoms with Gasteiger partial charge in [-0.25, -0.2) is 4.79 Å². The van der Waals surface area contributed by atoms with Gasteiger partial charge in [-0.2, -0.15) is 0 Å². The molecule has 1 atom stereocenters. The lowest BCUT2D eigenvalue weighted by molar-refractivity contribution is 0.0934. The van der Waals surface area contributed by atoms with Crippen LogP contribution in [-0.2, 0) is 24.3 Å². The highest BCUT2D eigenvalue weighted by atomic mass is 32.1. The first-order chi connectivity index (χ1) is 16.1. The maximum absolute atomic E-state index is 13.0. The SMILES string of the molecule is CCOC(=O)N1CCc2c(sc3c2C(=O)NC(c2cccc(OCc4ccccc4)c2)N3)C1. The zero-order valence-electron chi connectivity index (χ0n) is 18.3. The lowest BCUT2D eigenvalue weighted by Crippen LogP contribution is -2.39. The maximum Gasteiger partial charge on any atom is 0.410 e. The first-order valence-corrected chi connectivity index (χ1v) is 11.8. The van der Waals surface area contributed by atoms with Crippen molar-refractivity contribution in [2.45, 2.75) is 32.7 Å². The Kier molecular flexibility index (Phi) is 5.92. The van der Waals surface area contributed by atoms with Gasteiger partial charge in [-0.05, 0) is 42.2 Å². The lowest BCUT2D eigenvalue weighted by Gasteiger charge is -2.28. The largest absolute Gasteiger partial charge is 0.489 e. The molecule has 2 aliphatic rings. The number of nitrogens with zero attached hydrogens (tertiary/aromatic N) is 1. The zero-order valence-corrected chi connectivity index (χ0v) is 19.1. The van der Waals surface area contributed by atoms with Crippen LogP contribution in [0.2, 0.25) is 0 Å². The van der Waals surface area contributed by atoms with Crippen molar-refractivity contribution in [2.75, 3.05) is 18.5 Å². The number of nitrogens with one attached hydrogen (secondary N) is 2. The molecule has 7 nitrogen and oxygen atoms in total. The molecule has 170 valence electrons. The van der Waals surface area contributed by atoms with Gasteiger partial charge < -0.3 is 25.0 Å². The molecule has 2 N–H and O–H groups in total. The second-order valence-electron chi connectivity index (χ2n) is 7.98. The molecule has 8 heteroatoms. The Labute approximate surface area is 196 Å². The van der Waals surface area contributed by atoms with Crippen LogP contribution < -0.4 is 15.4 Å². The van der Waals surface area contributed by atoms with E-state index in [4.69, 9.17) is 9.47 Å². The van der Waals surface area contributed by atoms with E-state index in [0.29, 0.717) is 38.3 Å². The molecule has 0 aliphatic carbocycles. The average Bonchev–Trinajstić information content (AvgIpc) is 3.22. The molecule has 3 aromatic rings. The van der Waals surface area contributed by atoms with Crippen LogP contribution in [0.4, 0.5) is 9.80 Å². The molecular formula is C25H25N3O4S. The van der Waals surface area contributed by atoms with E-state index < -0.39 is 0 Å². The predicted molar refractivity (Wildman–Crippen MR) is 127 cm³/mol. The Morgan fingerprint density at radius 2 is 2.00 bits per heavy atom. The highest BCUT2D eigenvalue weighted by Gasteiger charge is 2.34. The summed E-state index contributed by atoms with van der Waals surface area (Å²) in [6.07, 6.45) is -0.0218. The fourth-order valence-corrected chi connectivity index (χ4v) is 5.47. The van der Waals surface area contributed by atoms with Gasteiger partial charge in [0.15, 0.2) is 0 Å². The predicted octanol–water partition coefficient (Wildman–Crippen LogP) is 4.70. The van der Waals surface area contributed by atoms with Crippen molar-refractivity contribution < 1.29 is 19.1 Å². The Hall–Kier alpha value is -3.52. The van der Waals surface area contributed by atoms with Gasteiger partial charge in [0.25, 0.3) is 5.91 Å². The van der Waals surface area contributed by atoms with Crippen molar-refractivity contribution in [2.24, 2.45) is 0 Å². The first kappa shape index (κ1) is 21.3. The normalized spacial score (nSPS) is 16.8. The summed E-state index contributed by atoms with van der Waals surface area (Å²) < 4.78 is 11.1. The molecule has 2 amide bonds. The highest BCUT2D eigenvalue weighted by molar-refractivity contribution is 7.16. The van der Waals surface area contributed by atoms with Gasteiger partial charge in [-0.3, -0.25) is 4.79 Å². The zero-order chi connectivity index (χ0) is 22.8. The van der Waals surface area contributed by atoms with E-state index in [1.807, 2.05) is 54.6 Å². The van der Waals surface area contributed by atoms with Crippen LogP contribution in [-0.4, -0.2) is 30.1 Å². The van der Waals surface area contributed by atoms with E-state index in [9.17, 15) is 9.59 Å². The van der Waals surface area contributed by atoms with E-state index in [-0.39, 0.29) is 18.2 Å². The molecule has 0 bridgehead atoms. The summed E-state index contributed by atoms with van der Waals surface area (Å²) in [4.78, 5) is 27.9. The summed E-state index contributed by atoms with van der Waals surface area (Å²) in [5, 5.41) is 7.39. The quantitative estimate of drug-likeness (QED) is 0.574. The van der Waals surface area contributed by atoms with E-state index in [1.54, 1.807) is 11.8 Å². The molecule has 0 saturated carbocycles. The third kappa shape index (κ3) is 4.39. The summed E-state index contributed by atoms with van der Waals surface area (Å²) in [7, 11) is 0. The van der Waals surface area contributed by atoms with Crippen molar-refractivity contribution in [3.8, 4) is 5.75 Å². The fourth-order valence-electron chi connectivity index (χ4n) is 4.18. The molecule has 2 aliphatic heterocycles. The number of carbonyl (C=O) groups excluding carboxylic acids is 2. The van der Waals surface area contributed by atoms with Crippen LogP contribution >= 0.6 is 11.3 Å². The lowest BCUT2D eigenvalue weighted by atomic mass is 10.0. The molecule has 5 rings (SSSR count). The smallest absolute Gasteiger partial charge is 0.410 e. The van der Waals surface area contributed by atoms with E-state index in [2.05, 4.69) is 10.6 Å². The minimum atomic E-state index is -0.355. The Morgan fingerprint density at radius 1 is 1.15 bits per heavy atom. The van der Waals surface area contributed by atoms with Crippen molar-refractivity contribution in [3.63, 3.8) is 0 Å². The van der Waals surface area contributed by atoms with Gasteiger partial charge in [-0.15, -0.1) is 11.3 Å². The highest BCUT2D eigenvalue weighted by Crippen LogP contribution is 2.41. The first-order valence-electron chi connectivity index (χ1n) is 11.0. The molecule has 1 aromatic heterocycles. The van der Waals surface area contributed by atoms with Crippen LogP contribution in [0.1, 0.15) is 45.0 Å². The van der Waals surface area contributed by atoms with Crippen LogP contribution in [0.25, 0.3) is 0 Å². The third-order valence-corrected chi connectivity index (χ3v) is 6.95. The summed E-state index contributed by atoms with van der Waals surface area (Å²) in [5.74, 6) is 0.653. The summed E-state index contributed by atoms with van der Waals surface area (Å²) >= 11 is 1.54. The Balaban J connectivity index is 1.32. The number of fused-ring (bicyclic) bond motifs is 3. The number of ether oxygens (including phenoxy) is 2. The van der Waals surface area contributed by atoms with Gasteiger partial charge in [0, 0.05) is 11.4 Å². The van der Waals surface area contributed by atoms with Crippen molar-refractivity contribution in [1.82, 2.24) is 10.2 Å². The number of carbonyl (C=O) groups is 2. The van der Waals surface area contributed by atoms with Gasteiger partial charge in [0.2, 0.25) is 0 Å². The number of hydrogen-bond acceptors (Lipinski definition) is 6. The minimum Gasteiger partial charge on any atom is -0.489 e. The van der Waals surface area contributed by atoms with Crippen LogP contribution in [0.3, 0.4) is 0 Å². The van der Waals surface area contributed by atoms with Crippen molar-refractivity contribution in [3.05, 3.63) is 81.7 Å². The van der Waals surface area contributed by atoms with Crippen molar-refractivity contribution >= 4 is 28.3 Å². The minimum absolute atomic E-state index is 0.0913. The van der Waals surface area contributed by atoms with Gasteiger partial charge >= 0.3 is 6.09 Å². The molecule has 0 spiro atoms. The summed E-state index contributed by atoms with van der Waals surface area (Å²) in [5.41, 5.74) is 3.74. The van der Waals surface area contributed by atoms with Gasteiger partial charge in [0.05, 0.1) is 18.7 Å². The number of anilines is 1. The number of amides is 2. The van der Waals surface area contributed by atoms with E-state index in [0.717, 1.165) is 32.3 Å². The molecule has 1 unspecified atom stereocenters. The maximum atomic E-state index is 13.0. The molecule has 3 heterocycles. The fraction of sp³-hybridized carbons (Fsp3) is 0.280. The second kappa shape index (κ2) is 9.15. The topological polar surface area (TPSA) is 79.9 Å². The van der Waals surface area contributed by atoms with Crippen LogP contribution in [0, 0.1) is 0 Å². The molecule has 0 fully saturated rings. The number of hydrogen-bond donors (Lipinski definition) is 2. The molecule has 2 aromatic carbocycles. The summed E-state index contributed by atoms with van der Waals surface area (Å²) in [6, 6.07) is 17.8. The van der Waals surface area contributed by atoms with Gasteiger partial charge in [0.1, 0.15) is 23.5 Å². The average molecular weight is 464 g/mol. The Bertz CT molecular complexity index is 1180. The molecule has 33 heavy (non-hydrogen) atoms. The monoisotopic (exact) mass is 463 g/mol. The Morgan fingerprint density at radius 3 is 2.82 bits per heavy atom. The summed E-state index contributed by atoms with van der Waals surface area (Å²) in [6.45, 7) is 3.64. The van der Waals surface area contributed by atoms with Crippen LogP contribution in [0.5, 0.6) is 5.75 Å². The van der Waals surface area contributed by atoms with E-state index in [1.165, 1.54) is 11.3 Å². The number of thiophene rings is 1. The molecule has 0 saturated heterocycles. The van der Waals surface area contributed by atoms with Gasteiger partial charge in [-0.1, -0.05) is 42.5 Å². The second-order valence-corrected chi connectivity index (χ2v) is 9.08. The third-order valence-electron chi connectivity index (χ3n) is 5.80. The standard InChI is InChI=1S/C25H25N3O4S/c1-2-31-25(30)28-12-11-19-20(14-28)33-24-21(19)23(29)26-22(27-24)17-9-6-10-18(13-17)32-15-16-7-4-3-5-8-16/h3-10,13,22,27H,2,11-12,14-15H2,1H3,(H,26,29). The molecular weight excluding hydrogens is 438 g/mol. The van der Waals surface area contributed by atoms with Crippen LogP contribution in [0.15, 0.2) is 54.6 Å². The number of rotatable bonds is 5.